The van der Waals surface area contributed by atoms with Crippen molar-refractivity contribution in [1.82, 2.24) is 5.32 Å². The fourth-order valence-corrected chi connectivity index (χ4v) is 2.67. The SMILES string of the molecule is CC(C)NCc1c(Cl)cccc1N1CCC(O)CC1. The Morgan fingerprint density at radius 3 is 2.68 bits per heavy atom. The van der Waals surface area contributed by atoms with Gasteiger partial charge in [0.25, 0.3) is 0 Å². The van der Waals surface area contributed by atoms with Gasteiger partial charge < -0.3 is 15.3 Å². The molecule has 0 bridgehead atoms. The molecule has 19 heavy (non-hydrogen) atoms. The number of hydrogen-bond acceptors (Lipinski definition) is 3. The molecule has 3 nitrogen and oxygen atoms in total. The molecule has 2 N–H and O–H groups in total. The Morgan fingerprint density at radius 2 is 2.05 bits per heavy atom. The second-order valence-corrected chi connectivity index (χ2v) is 5.90. The van der Waals surface area contributed by atoms with Crippen LogP contribution in [0.5, 0.6) is 0 Å². The average molecular weight is 283 g/mol. The van der Waals surface area contributed by atoms with E-state index < -0.39 is 0 Å². The van der Waals surface area contributed by atoms with Crippen molar-refractivity contribution in [2.24, 2.45) is 0 Å². The summed E-state index contributed by atoms with van der Waals surface area (Å²) in [6.45, 7) is 6.85. The second-order valence-electron chi connectivity index (χ2n) is 5.49. The number of halogens is 1. The molecule has 2 rings (SSSR count). The summed E-state index contributed by atoms with van der Waals surface area (Å²) < 4.78 is 0. The van der Waals surface area contributed by atoms with Crippen LogP contribution < -0.4 is 10.2 Å². The van der Waals surface area contributed by atoms with Gasteiger partial charge in [-0.2, -0.15) is 0 Å². The number of hydrogen-bond donors (Lipinski definition) is 2. The van der Waals surface area contributed by atoms with Gasteiger partial charge in [-0.25, -0.2) is 0 Å². The van der Waals surface area contributed by atoms with Crippen LogP contribution in [-0.2, 0) is 6.54 Å². The lowest BCUT2D eigenvalue weighted by atomic mass is 10.0. The predicted molar refractivity (Wildman–Crippen MR) is 80.9 cm³/mol. The van der Waals surface area contributed by atoms with Gasteiger partial charge in [0.1, 0.15) is 0 Å². The van der Waals surface area contributed by atoms with E-state index in [0.29, 0.717) is 6.04 Å². The van der Waals surface area contributed by atoms with Crippen molar-refractivity contribution in [3.05, 3.63) is 28.8 Å². The van der Waals surface area contributed by atoms with Gasteiger partial charge in [0.2, 0.25) is 0 Å². The van der Waals surface area contributed by atoms with Gasteiger partial charge in [0, 0.05) is 41.9 Å². The lowest BCUT2D eigenvalue weighted by Crippen LogP contribution is -2.36. The highest BCUT2D eigenvalue weighted by atomic mass is 35.5. The van der Waals surface area contributed by atoms with Crippen molar-refractivity contribution in [2.75, 3.05) is 18.0 Å². The topological polar surface area (TPSA) is 35.5 Å². The van der Waals surface area contributed by atoms with Gasteiger partial charge in [-0.3, -0.25) is 0 Å². The molecule has 1 aliphatic rings. The molecular formula is C15H23ClN2O. The number of nitrogens with one attached hydrogen (secondary N) is 1. The first-order valence-corrected chi connectivity index (χ1v) is 7.39. The summed E-state index contributed by atoms with van der Waals surface area (Å²) in [5, 5.41) is 13.9. The quantitative estimate of drug-likeness (QED) is 0.891. The molecule has 0 radical (unpaired) electrons. The Hall–Kier alpha value is -0.770. The summed E-state index contributed by atoms with van der Waals surface area (Å²) in [6.07, 6.45) is 1.53. The van der Waals surface area contributed by atoms with E-state index in [1.54, 1.807) is 0 Å². The molecule has 0 unspecified atom stereocenters. The summed E-state index contributed by atoms with van der Waals surface area (Å²) in [5.41, 5.74) is 2.36. The van der Waals surface area contributed by atoms with Crippen LogP contribution in [0.1, 0.15) is 32.3 Å². The van der Waals surface area contributed by atoms with Crippen LogP contribution in [0.2, 0.25) is 5.02 Å². The summed E-state index contributed by atoms with van der Waals surface area (Å²) in [6, 6.07) is 6.51. The van der Waals surface area contributed by atoms with E-state index >= 15 is 0 Å². The van der Waals surface area contributed by atoms with E-state index in [2.05, 4.69) is 30.1 Å². The molecule has 0 aromatic heterocycles. The number of rotatable bonds is 4. The van der Waals surface area contributed by atoms with Gasteiger partial charge in [-0.1, -0.05) is 31.5 Å². The van der Waals surface area contributed by atoms with E-state index in [0.717, 1.165) is 43.1 Å². The van der Waals surface area contributed by atoms with Crippen molar-refractivity contribution in [3.8, 4) is 0 Å². The predicted octanol–water partition coefficient (Wildman–Crippen LogP) is 2.80. The minimum Gasteiger partial charge on any atom is -0.393 e. The summed E-state index contributed by atoms with van der Waals surface area (Å²) in [7, 11) is 0. The number of benzene rings is 1. The molecule has 1 aromatic rings. The van der Waals surface area contributed by atoms with Crippen LogP contribution in [0, 0.1) is 0 Å². The number of piperidine rings is 1. The Labute approximate surface area is 120 Å². The van der Waals surface area contributed by atoms with E-state index in [9.17, 15) is 5.11 Å². The van der Waals surface area contributed by atoms with Crippen molar-refractivity contribution in [3.63, 3.8) is 0 Å². The molecule has 0 amide bonds. The van der Waals surface area contributed by atoms with Crippen molar-refractivity contribution in [2.45, 2.75) is 45.4 Å². The fourth-order valence-electron chi connectivity index (χ4n) is 2.43. The van der Waals surface area contributed by atoms with Gasteiger partial charge in [-0.15, -0.1) is 0 Å². The third-order valence-electron chi connectivity index (χ3n) is 3.59. The molecule has 1 saturated heterocycles. The highest BCUT2D eigenvalue weighted by molar-refractivity contribution is 6.31. The first-order chi connectivity index (χ1) is 9.08. The summed E-state index contributed by atoms with van der Waals surface area (Å²) >= 11 is 6.34. The van der Waals surface area contributed by atoms with Gasteiger partial charge in [-0.05, 0) is 25.0 Å². The second kappa shape index (κ2) is 6.60. The largest absolute Gasteiger partial charge is 0.393 e. The molecule has 4 heteroatoms. The molecule has 0 aliphatic carbocycles. The molecule has 1 heterocycles. The molecule has 0 atom stereocenters. The molecule has 0 saturated carbocycles. The monoisotopic (exact) mass is 282 g/mol. The Bertz CT molecular complexity index is 415. The maximum Gasteiger partial charge on any atom is 0.0574 e. The van der Waals surface area contributed by atoms with Crippen LogP contribution in [0.25, 0.3) is 0 Å². The molecule has 106 valence electrons. The zero-order valence-electron chi connectivity index (χ0n) is 11.7. The maximum absolute atomic E-state index is 9.61. The minimum atomic E-state index is -0.146. The number of aliphatic hydroxyl groups excluding tert-OH is 1. The first-order valence-electron chi connectivity index (χ1n) is 7.01. The molecule has 1 aromatic carbocycles. The standard InChI is InChI=1S/C15H23ClN2O/c1-11(2)17-10-13-14(16)4-3-5-15(13)18-8-6-12(19)7-9-18/h3-5,11-12,17,19H,6-10H2,1-2H3. The zero-order chi connectivity index (χ0) is 13.8. The first kappa shape index (κ1) is 14.6. The van der Waals surface area contributed by atoms with Crippen LogP contribution in [0.15, 0.2) is 18.2 Å². The summed E-state index contributed by atoms with van der Waals surface area (Å²) in [5.74, 6) is 0. The average Bonchev–Trinajstić information content (AvgIpc) is 2.38. The van der Waals surface area contributed by atoms with Gasteiger partial charge in [0.05, 0.1) is 6.10 Å². The Balaban J connectivity index is 2.16. The Kier molecular flexibility index (Phi) is 5.08. The van der Waals surface area contributed by atoms with E-state index in [4.69, 9.17) is 11.6 Å². The van der Waals surface area contributed by atoms with Crippen molar-refractivity contribution in [1.29, 1.82) is 0 Å². The van der Waals surface area contributed by atoms with Crippen molar-refractivity contribution >= 4 is 17.3 Å². The third-order valence-corrected chi connectivity index (χ3v) is 3.94. The number of anilines is 1. The smallest absolute Gasteiger partial charge is 0.0574 e. The number of aliphatic hydroxyl groups is 1. The zero-order valence-corrected chi connectivity index (χ0v) is 12.5. The molecule has 0 spiro atoms. The van der Waals surface area contributed by atoms with E-state index in [1.807, 2.05) is 12.1 Å². The third kappa shape index (κ3) is 3.85. The minimum absolute atomic E-state index is 0.146. The molecule has 1 aliphatic heterocycles. The summed E-state index contributed by atoms with van der Waals surface area (Å²) in [4.78, 5) is 2.33. The van der Waals surface area contributed by atoms with Crippen LogP contribution >= 0.6 is 11.6 Å². The normalized spacial score (nSPS) is 17.2. The van der Waals surface area contributed by atoms with Crippen LogP contribution in [0.4, 0.5) is 5.69 Å². The number of nitrogens with zero attached hydrogens (tertiary/aromatic N) is 1. The highest BCUT2D eigenvalue weighted by Gasteiger charge is 2.20. The lowest BCUT2D eigenvalue weighted by Gasteiger charge is -2.33. The van der Waals surface area contributed by atoms with E-state index in [-0.39, 0.29) is 6.10 Å². The Morgan fingerprint density at radius 1 is 1.37 bits per heavy atom. The van der Waals surface area contributed by atoms with E-state index in [1.165, 1.54) is 5.69 Å². The fraction of sp³-hybridized carbons (Fsp3) is 0.600. The van der Waals surface area contributed by atoms with Crippen molar-refractivity contribution < 1.29 is 5.11 Å². The van der Waals surface area contributed by atoms with Crippen LogP contribution in [-0.4, -0.2) is 30.3 Å². The van der Waals surface area contributed by atoms with Gasteiger partial charge >= 0.3 is 0 Å². The lowest BCUT2D eigenvalue weighted by molar-refractivity contribution is 0.145. The highest BCUT2D eigenvalue weighted by Crippen LogP contribution is 2.29. The van der Waals surface area contributed by atoms with Crippen LogP contribution in [0.3, 0.4) is 0 Å². The molecule has 1 fully saturated rings. The maximum atomic E-state index is 9.61. The van der Waals surface area contributed by atoms with Gasteiger partial charge in [0.15, 0.2) is 0 Å². The molecular weight excluding hydrogens is 260 g/mol.